The predicted octanol–water partition coefficient (Wildman–Crippen LogP) is 2.90. The lowest BCUT2D eigenvalue weighted by Gasteiger charge is -2.12. The first-order valence-electron chi connectivity index (χ1n) is 4.77. The molecule has 0 aliphatic heterocycles. The molecule has 0 aliphatic rings. The van der Waals surface area contributed by atoms with Gasteiger partial charge in [0.05, 0.1) is 6.61 Å². The number of rotatable bonds is 5. The summed E-state index contributed by atoms with van der Waals surface area (Å²) in [6.45, 7) is 3.99. The third-order valence-corrected chi connectivity index (χ3v) is 2.65. The Labute approximate surface area is 89.5 Å². The summed E-state index contributed by atoms with van der Waals surface area (Å²) < 4.78 is 20.9. The van der Waals surface area contributed by atoms with Crippen LogP contribution in [-0.2, 0) is 9.09 Å². The van der Waals surface area contributed by atoms with Gasteiger partial charge in [0, 0.05) is 0 Å². The number of hydrogen-bond donors (Lipinski definition) is 1. The van der Waals surface area contributed by atoms with Crippen molar-refractivity contribution in [2.75, 3.05) is 6.61 Å². The van der Waals surface area contributed by atoms with Gasteiger partial charge < -0.3 is 4.52 Å². The lowest BCUT2D eigenvalue weighted by Crippen LogP contribution is -1.98. The molecule has 0 fully saturated rings. The van der Waals surface area contributed by atoms with E-state index in [9.17, 15) is 9.46 Å². The summed E-state index contributed by atoms with van der Waals surface area (Å²) in [6.07, 6.45) is 0.668. The van der Waals surface area contributed by atoms with Gasteiger partial charge in [-0.25, -0.2) is 4.57 Å². The molecule has 1 aromatic rings. The molecule has 5 heteroatoms. The first-order chi connectivity index (χ1) is 7.03. The molecule has 0 radical (unpaired) electrons. The van der Waals surface area contributed by atoms with E-state index >= 15 is 0 Å². The van der Waals surface area contributed by atoms with E-state index in [1.165, 1.54) is 0 Å². The average Bonchev–Trinajstić information content (AvgIpc) is 2.18. The van der Waals surface area contributed by atoms with E-state index in [0.29, 0.717) is 12.2 Å². The highest BCUT2D eigenvalue weighted by atomic mass is 31.2. The van der Waals surface area contributed by atoms with Crippen molar-refractivity contribution in [3.63, 3.8) is 0 Å². The van der Waals surface area contributed by atoms with Gasteiger partial charge in [0.25, 0.3) is 0 Å². The SMILES string of the molecule is CCCOP(=O)(O)Oc1ccc(C)cc1. The van der Waals surface area contributed by atoms with Crippen molar-refractivity contribution >= 4 is 7.82 Å². The standard InChI is InChI=1S/C10H15O4P/c1-3-8-13-15(11,12)14-10-6-4-9(2)5-7-10/h4-7H,3,8H2,1-2H3,(H,11,12). The molecule has 15 heavy (non-hydrogen) atoms. The molecule has 84 valence electrons. The molecule has 0 heterocycles. The van der Waals surface area contributed by atoms with E-state index in [4.69, 9.17) is 9.05 Å². The largest absolute Gasteiger partial charge is 0.527 e. The second-order valence-corrected chi connectivity index (χ2v) is 4.58. The molecule has 0 spiro atoms. The van der Waals surface area contributed by atoms with Gasteiger partial charge >= 0.3 is 7.82 Å². The third kappa shape index (κ3) is 4.47. The van der Waals surface area contributed by atoms with Gasteiger partial charge in [0.15, 0.2) is 0 Å². The number of hydrogen-bond acceptors (Lipinski definition) is 3. The summed E-state index contributed by atoms with van der Waals surface area (Å²) in [7, 11) is -3.95. The Morgan fingerprint density at radius 2 is 1.93 bits per heavy atom. The minimum absolute atomic E-state index is 0.208. The summed E-state index contributed by atoms with van der Waals surface area (Å²) in [4.78, 5) is 9.28. The maximum Gasteiger partial charge on any atom is 0.527 e. The molecular weight excluding hydrogens is 215 g/mol. The minimum atomic E-state index is -3.95. The number of phosphoric acid groups is 1. The van der Waals surface area contributed by atoms with Crippen LogP contribution in [-0.4, -0.2) is 11.5 Å². The Morgan fingerprint density at radius 1 is 1.33 bits per heavy atom. The highest BCUT2D eigenvalue weighted by Gasteiger charge is 2.21. The van der Waals surface area contributed by atoms with Crippen molar-refractivity contribution < 1.29 is 18.5 Å². The zero-order chi connectivity index (χ0) is 11.3. The van der Waals surface area contributed by atoms with Crippen LogP contribution in [0, 0.1) is 6.92 Å². The first-order valence-corrected chi connectivity index (χ1v) is 6.26. The molecule has 0 bridgehead atoms. The smallest absolute Gasteiger partial charge is 0.404 e. The highest BCUT2D eigenvalue weighted by molar-refractivity contribution is 7.47. The molecule has 4 nitrogen and oxygen atoms in total. The second kappa shape index (κ2) is 5.31. The Hall–Kier alpha value is -0.830. The normalized spacial score (nSPS) is 14.6. The van der Waals surface area contributed by atoms with Crippen molar-refractivity contribution in [1.82, 2.24) is 0 Å². The third-order valence-electron chi connectivity index (χ3n) is 1.70. The van der Waals surface area contributed by atoms with Crippen LogP contribution in [0.5, 0.6) is 5.75 Å². The van der Waals surface area contributed by atoms with Crippen LogP contribution >= 0.6 is 7.82 Å². The molecule has 0 aliphatic carbocycles. The van der Waals surface area contributed by atoms with Gasteiger partial charge in [-0.15, -0.1) is 0 Å². The van der Waals surface area contributed by atoms with Crippen LogP contribution < -0.4 is 4.52 Å². The van der Waals surface area contributed by atoms with Gasteiger partial charge in [-0.05, 0) is 25.5 Å². The minimum Gasteiger partial charge on any atom is -0.404 e. The van der Waals surface area contributed by atoms with Gasteiger partial charge in [-0.2, -0.15) is 0 Å². The molecule has 1 rings (SSSR count). The summed E-state index contributed by atoms with van der Waals surface area (Å²) in [5.41, 5.74) is 1.06. The zero-order valence-electron chi connectivity index (χ0n) is 8.84. The van der Waals surface area contributed by atoms with Crippen LogP contribution in [0.3, 0.4) is 0 Å². The van der Waals surface area contributed by atoms with Gasteiger partial charge in [0.2, 0.25) is 0 Å². The Balaban J connectivity index is 2.60. The fraction of sp³-hybridized carbons (Fsp3) is 0.400. The molecule has 1 unspecified atom stereocenters. The Morgan fingerprint density at radius 3 is 2.47 bits per heavy atom. The van der Waals surface area contributed by atoms with Crippen molar-refractivity contribution in [2.24, 2.45) is 0 Å². The van der Waals surface area contributed by atoms with E-state index in [1.54, 1.807) is 24.3 Å². The van der Waals surface area contributed by atoms with Gasteiger partial charge in [-0.3, -0.25) is 9.42 Å². The second-order valence-electron chi connectivity index (χ2n) is 3.21. The van der Waals surface area contributed by atoms with E-state index in [1.807, 2.05) is 13.8 Å². The zero-order valence-corrected chi connectivity index (χ0v) is 9.74. The molecule has 0 amide bonds. The van der Waals surface area contributed by atoms with E-state index in [0.717, 1.165) is 5.56 Å². The summed E-state index contributed by atoms with van der Waals surface area (Å²) in [5.74, 6) is 0.336. The number of benzene rings is 1. The summed E-state index contributed by atoms with van der Waals surface area (Å²) in [6, 6.07) is 6.87. The van der Waals surface area contributed by atoms with Crippen molar-refractivity contribution in [2.45, 2.75) is 20.3 Å². The van der Waals surface area contributed by atoms with E-state index in [-0.39, 0.29) is 6.61 Å². The highest BCUT2D eigenvalue weighted by Crippen LogP contribution is 2.43. The van der Waals surface area contributed by atoms with Crippen LogP contribution in [0.15, 0.2) is 24.3 Å². The van der Waals surface area contributed by atoms with Crippen LogP contribution in [0.2, 0.25) is 0 Å². The monoisotopic (exact) mass is 230 g/mol. The molecule has 0 aromatic heterocycles. The van der Waals surface area contributed by atoms with Crippen LogP contribution in [0.1, 0.15) is 18.9 Å². The van der Waals surface area contributed by atoms with E-state index in [2.05, 4.69) is 0 Å². The molecule has 0 saturated heterocycles. The van der Waals surface area contributed by atoms with Gasteiger partial charge in [0.1, 0.15) is 5.75 Å². The van der Waals surface area contributed by atoms with Crippen molar-refractivity contribution in [1.29, 1.82) is 0 Å². The first kappa shape index (κ1) is 12.2. The Kier molecular flexibility index (Phi) is 4.33. The molecule has 0 saturated carbocycles. The van der Waals surface area contributed by atoms with Crippen molar-refractivity contribution in [3.8, 4) is 5.75 Å². The topological polar surface area (TPSA) is 55.8 Å². The molecule has 1 atom stereocenters. The number of aryl methyl sites for hydroxylation is 1. The summed E-state index contributed by atoms with van der Waals surface area (Å²) >= 11 is 0. The van der Waals surface area contributed by atoms with Crippen LogP contribution in [0.4, 0.5) is 0 Å². The predicted molar refractivity (Wildman–Crippen MR) is 57.9 cm³/mol. The summed E-state index contributed by atoms with van der Waals surface area (Å²) in [5, 5.41) is 0. The fourth-order valence-electron chi connectivity index (χ4n) is 0.965. The Bertz CT molecular complexity index is 347. The average molecular weight is 230 g/mol. The molecule has 1 N–H and O–H groups in total. The maximum atomic E-state index is 11.3. The van der Waals surface area contributed by atoms with E-state index < -0.39 is 7.82 Å². The molecule has 1 aromatic carbocycles. The van der Waals surface area contributed by atoms with Gasteiger partial charge in [-0.1, -0.05) is 24.6 Å². The lowest BCUT2D eigenvalue weighted by molar-refractivity contribution is 0.203. The van der Waals surface area contributed by atoms with Crippen LogP contribution in [0.25, 0.3) is 0 Å². The number of phosphoric ester groups is 1. The maximum absolute atomic E-state index is 11.3. The molecular formula is C10H15O4P. The fourth-order valence-corrected chi connectivity index (χ4v) is 1.82. The lowest BCUT2D eigenvalue weighted by atomic mass is 10.2. The quantitative estimate of drug-likeness (QED) is 0.790. The van der Waals surface area contributed by atoms with Crippen molar-refractivity contribution in [3.05, 3.63) is 29.8 Å².